The van der Waals surface area contributed by atoms with E-state index in [9.17, 15) is 10.2 Å². The second-order valence-electron chi connectivity index (χ2n) is 6.86. The maximum atomic E-state index is 10.6. The summed E-state index contributed by atoms with van der Waals surface area (Å²) >= 11 is 0. The van der Waals surface area contributed by atoms with Gasteiger partial charge in [-0.15, -0.1) is 0 Å². The highest BCUT2D eigenvalue weighted by atomic mass is 16.3. The first-order valence-electron chi connectivity index (χ1n) is 7.57. The maximum Gasteiger partial charge on any atom is 0.0774 e. The Bertz CT molecular complexity index is 261. The summed E-state index contributed by atoms with van der Waals surface area (Å²) in [6, 6.07) is 0. The third-order valence-electron chi connectivity index (χ3n) is 4.93. The van der Waals surface area contributed by atoms with Crippen LogP contribution in [0.4, 0.5) is 0 Å². The molecule has 2 saturated carbocycles. The molecule has 2 unspecified atom stereocenters. The average molecular weight is 255 g/mol. The van der Waals surface area contributed by atoms with Crippen LogP contribution < -0.4 is 0 Å². The number of hydrogen-bond acceptors (Lipinski definition) is 3. The summed E-state index contributed by atoms with van der Waals surface area (Å²) < 4.78 is 0. The van der Waals surface area contributed by atoms with E-state index in [2.05, 4.69) is 18.9 Å². The number of hydrogen-bond donors (Lipinski definition) is 2. The van der Waals surface area contributed by atoms with Gasteiger partial charge in [-0.1, -0.05) is 13.3 Å². The first-order valence-corrected chi connectivity index (χ1v) is 7.57. The van der Waals surface area contributed by atoms with Crippen molar-refractivity contribution in [1.29, 1.82) is 0 Å². The minimum absolute atomic E-state index is 0.117. The van der Waals surface area contributed by atoms with Crippen molar-refractivity contribution in [2.45, 2.75) is 63.6 Å². The average Bonchev–Trinajstić information content (AvgIpc) is 2.69. The molecule has 2 aliphatic carbocycles. The molecule has 3 heteroatoms. The molecule has 2 atom stereocenters. The number of aliphatic hydroxyl groups excluding tert-OH is 1. The van der Waals surface area contributed by atoms with Crippen LogP contribution in [0, 0.1) is 11.8 Å². The van der Waals surface area contributed by atoms with Crippen molar-refractivity contribution in [3.63, 3.8) is 0 Å². The van der Waals surface area contributed by atoms with Crippen LogP contribution in [-0.4, -0.2) is 47.0 Å². The highest BCUT2D eigenvalue weighted by molar-refractivity contribution is 4.88. The fourth-order valence-corrected chi connectivity index (χ4v) is 3.66. The van der Waals surface area contributed by atoms with Gasteiger partial charge in [0.15, 0.2) is 0 Å². The van der Waals surface area contributed by atoms with Gasteiger partial charge < -0.3 is 15.1 Å². The number of nitrogens with zero attached hydrogens (tertiary/aromatic N) is 1. The van der Waals surface area contributed by atoms with E-state index in [1.165, 1.54) is 0 Å². The van der Waals surface area contributed by atoms with Crippen LogP contribution in [0.5, 0.6) is 0 Å². The molecule has 0 heterocycles. The summed E-state index contributed by atoms with van der Waals surface area (Å²) in [4.78, 5) is 2.23. The summed E-state index contributed by atoms with van der Waals surface area (Å²) in [6.07, 6.45) is 7.31. The Morgan fingerprint density at radius 1 is 1.17 bits per heavy atom. The Kier molecular flexibility index (Phi) is 4.68. The van der Waals surface area contributed by atoms with E-state index in [1.54, 1.807) is 0 Å². The molecule has 18 heavy (non-hydrogen) atoms. The van der Waals surface area contributed by atoms with E-state index in [1.807, 2.05) is 0 Å². The van der Waals surface area contributed by atoms with Crippen molar-refractivity contribution in [2.24, 2.45) is 11.8 Å². The molecule has 3 nitrogen and oxygen atoms in total. The summed E-state index contributed by atoms with van der Waals surface area (Å²) in [7, 11) is 2.08. The lowest BCUT2D eigenvalue weighted by molar-refractivity contribution is -0.0351. The topological polar surface area (TPSA) is 43.7 Å². The van der Waals surface area contributed by atoms with Gasteiger partial charge in [0.05, 0.1) is 11.7 Å². The standard InChI is InChI=1S/C15H29NO2/c1-12-6-8-15(18,9-7-12)11-16(2)10-13-4-3-5-14(13)17/h12-14,17-18H,3-11H2,1-2H3. The molecule has 0 bridgehead atoms. The highest BCUT2D eigenvalue weighted by Gasteiger charge is 2.34. The molecule has 0 aliphatic heterocycles. The Morgan fingerprint density at radius 2 is 1.83 bits per heavy atom. The zero-order valence-corrected chi connectivity index (χ0v) is 11.9. The summed E-state index contributed by atoms with van der Waals surface area (Å²) in [5.41, 5.74) is -0.481. The van der Waals surface area contributed by atoms with Crippen LogP contribution in [-0.2, 0) is 0 Å². The van der Waals surface area contributed by atoms with E-state index in [0.29, 0.717) is 5.92 Å². The fourth-order valence-electron chi connectivity index (χ4n) is 3.66. The third kappa shape index (κ3) is 3.69. The first kappa shape index (κ1) is 14.3. The predicted octanol–water partition coefficient (Wildman–Crippen LogP) is 2.02. The van der Waals surface area contributed by atoms with Crippen molar-refractivity contribution < 1.29 is 10.2 Å². The minimum Gasteiger partial charge on any atom is -0.393 e. The summed E-state index contributed by atoms with van der Waals surface area (Å²) in [5.74, 6) is 1.19. The van der Waals surface area contributed by atoms with E-state index in [4.69, 9.17) is 0 Å². The molecule has 0 aromatic carbocycles. The Balaban J connectivity index is 1.77. The third-order valence-corrected chi connectivity index (χ3v) is 4.93. The lowest BCUT2D eigenvalue weighted by Gasteiger charge is -2.38. The van der Waals surface area contributed by atoms with Crippen molar-refractivity contribution >= 4 is 0 Å². The second kappa shape index (κ2) is 5.89. The lowest BCUT2D eigenvalue weighted by Crippen LogP contribution is -2.45. The first-order chi connectivity index (χ1) is 8.48. The number of likely N-dealkylation sites (N-methyl/N-ethyl adjacent to an activating group) is 1. The fraction of sp³-hybridized carbons (Fsp3) is 1.00. The van der Waals surface area contributed by atoms with Gasteiger partial charge in [-0.05, 0) is 57.4 Å². The van der Waals surface area contributed by atoms with Crippen LogP contribution >= 0.6 is 0 Å². The molecular formula is C15H29NO2. The monoisotopic (exact) mass is 255 g/mol. The van der Waals surface area contributed by atoms with Gasteiger partial charge in [-0.25, -0.2) is 0 Å². The van der Waals surface area contributed by atoms with E-state index in [-0.39, 0.29) is 6.10 Å². The molecule has 0 aromatic rings. The van der Waals surface area contributed by atoms with Gasteiger partial charge in [-0.2, -0.15) is 0 Å². The Labute approximate surface area is 111 Å². The largest absolute Gasteiger partial charge is 0.393 e. The van der Waals surface area contributed by atoms with Crippen molar-refractivity contribution in [2.75, 3.05) is 20.1 Å². The second-order valence-corrected chi connectivity index (χ2v) is 6.86. The lowest BCUT2D eigenvalue weighted by atomic mass is 9.79. The minimum atomic E-state index is -0.481. The zero-order chi connectivity index (χ0) is 13.2. The van der Waals surface area contributed by atoms with Crippen molar-refractivity contribution in [1.82, 2.24) is 4.90 Å². The van der Waals surface area contributed by atoms with Crippen molar-refractivity contribution in [3.8, 4) is 0 Å². The predicted molar refractivity (Wildman–Crippen MR) is 73.4 cm³/mol. The molecule has 106 valence electrons. The summed E-state index contributed by atoms with van der Waals surface area (Å²) in [5, 5.41) is 20.4. The van der Waals surface area contributed by atoms with Crippen LogP contribution in [0.3, 0.4) is 0 Å². The van der Waals surface area contributed by atoms with Crippen LogP contribution in [0.15, 0.2) is 0 Å². The molecule has 0 amide bonds. The van der Waals surface area contributed by atoms with Crippen LogP contribution in [0.2, 0.25) is 0 Å². The van der Waals surface area contributed by atoms with E-state index < -0.39 is 5.60 Å². The number of rotatable bonds is 4. The van der Waals surface area contributed by atoms with Gasteiger partial charge in [0.25, 0.3) is 0 Å². The van der Waals surface area contributed by atoms with Crippen LogP contribution in [0.1, 0.15) is 51.9 Å². The molecule has 0 radical (unpaired) electrons. The summed E-state index contributed by atoms with van der Waals surface area (Å²) in [6.45, 7) is 3.97. The Morgan fingerprint density at radius 3 is 2.39 bits per heavy atom. The normalized spacial score (nSPS) is 41.5. The maximum absolute atomic E-state index is 10.6. The number of aliphatic hydroxyl groups is 2. The van der Waals surface area contributed by atoms with E-state index >= 15 is 0 Å². The van der Waals surface area contributed by atoms with Crippen molar-refractivity contribution in [3.05, 3.63) is 0 Å². The zero-order valence-electron chi connectivity index (χ0n) is 11.9. The molecule has 0 saturated heterocycles. The molecule has 0 spiro atoms. The molecule has 2 rings (SSSR count). The SMILES string of the molecule is CC1CCC(O)(CN(C)CC2CCCC2O)CC1. The molecule has 2 N–H and O–H groups in total. The van der Waals surface area contributed by atoms with Gasteiger partial charge >= 0.3 is 0 Å². The molecule has 2 aliphatic rings. The molecule has 2 fully saturated rings. The highest BCUT2D eigenvalue weighted by Crippen LogP contribution is 2.33. The Hall–Kier alpha value is -0.120. The molecule has 0 aromatic heterocycles. The molecular weight excluding hydrogens is 226 g/mol. The smallest absolute Gasteiger partial charge is 0.0774 e. The van der Waals surface area contributed by atoms with E-state index in [0.717, 1.165) is 64.0 Å². The quantitative estimate of drug-likeness (QED) is 0.808. The van der Waals surface area contributed by atoms with Crippen LogP contribution in [0.25, 0.3) is 0 Å². The van der Waals surface area contributed by atoms with Gasteiger partial charge in [0.1, 0.15) is 0 Å². The van der Waals surface area contributed by atoms with Gasteiger partial charge in [0.2, 0.25) is 0 Å². The van der Waals surface area contributed by atoms with Gasteiger partial charge in [0, 0.05) is 13.1 Å². The van der Waals surface area contributed by atoms with Gasteiger partial charge in [-0.3, -0.25) is 0 Å².